The second kappa shape index (κ2) is 11.8. The van der Waals surface area contributed by atoms with Crippen LogP contribution in [0.4, 0.5) is 0 Å². The predicted molar refractivity (Wildman–Crippen MR) is 141 cm³/mol. The van der Waals surface area contributed by atoms with Crippen molar-refractivity contribution in [3.63, 3.8) is 0 Å². The molecular weight excluding hydrogens is 506 g/mol. The molecule has 2 aromatic carbocycles. The van der Waals surface area contributed by atoms with Gasteiger partial charge in [0.05, 0.1) is 53.5 Å². The predicted octanol–water partition coefficient (Wildman–Crippen LogP) is 3.44. The number of ketones is 1. The lowest BCUT2D eigenvalue weighted by atomic mass is 9.94. The smallest absolute Gasteiger partial charge is 0.295 e. The molecule has 2 heterocycles. The Bertz CT molecular complexity index is 1360. The van der Waals surface area contributed by atoms with E-state index in [0.717, 1.165) is 0 Å². The Labute approximate surface area is 226 Å². The number of nitrogens with zero attached hydrogens (tertiary/aromatic N) is 3. The Morgan fingerprint density at radius 1 is 0.872 bits per heavy atom. The van der Waals surface area contributed by atoms with E-state index < -0.39 is 17.7 Å². The lowest BCUT2D eigenvalue weighted by Crippen LogP contribution is -2.31. The van der Waals surface area contributed by atoms with Crippen molar-refractivity contribution in [3.05, 3.63) is 65.8 Å². The standard InChI is InChI=1S/C28H31N3O8/c1-35-19-8-7-17(13-20(19)36-2)25(32)23-24(18-14-21(37-3)27(39-5)22(15-18)38-4)31(28(34)26(23)33)11-6-10-30-12-9-29-16-30/h7-9,12-16,24,32H,6,10-11H2,1-5H3. The van der Waals surface area contributed by atoms with E-state index in [1.807, 2.05) is 10.8 Å². The summed E-state index contributed by atoms with van der Waals surface area (Å²) in [6, 6.07) is 7.17. The Morgan fingerprint density at radius 2 is 1.54 bits per heavy atom. The highest BCUT2D eigenvalue weighted by Gasteiger charge is 2.46. The number of aromatic nitrogens is 2. The number of methoxy groups -OCH3 is 5. The highest BCUT2D eigenvalue weighted by Crippen LogP contribution is 2.46. The van der Waals surface area contributed by atoms with Crippen LogP contribution in [0.15, 0.2) is 54.6 Å². The second-order valence-electron chi connectivity index (χ2n) is 8.67. The quantitative estimate of drug-likeness (QED) is 0.223. The minimum atomic E-state index is -0.922. The fourth-order valence-corrected chi connectivity index (χ4v) is 4.70. The normalized spacial score (nSPS) is 16.3. The lowest BCUT2D eigenvalue weighted by Gasteiger charge is -2.26. The van der Waals surface area contributed by atoms with Crippen LogP contribution in [-0.4, -0.2) is 73.3 Å². The molecule has 39 heavy (non-hydrogen) atoms. The number of aliphatic hydroxyl groups excluding tert-OH is 1. The van der Waals surface area contributed by atoms with Crippen molar-refractivity contribution in [3.8, 4) is 28.7 Å². The Hall–Kier alpha value is -4.67. The third kappa shape index (κ3) is 5.20. The van der Waals surface area contributed by atoms with Crippen LogP contribution in [-0.2, 0) is 16.1 Å². The molecule has 1 amide bonds. The minimum Gasteiger partial charge on any atom is -0.507 e. The number of aryl methyl sites for hydroxylation is 1. The van der Waals surface area contributed by atoms with E-state index in [2.05, 4.69) is 4.98 Å². The zero-order valence-electron chi connectivity index (χ0n) is 22.5. The number of ether oxygens (including phenoxy) is 5. The fourth-order valence-electron chi connectivity index (χ4n) is 4.70. The first kappa shape index (κ1) is 27.4. The molecular formula is C28H31N3O8. The zero-order valence-corrected chi connectivity index (χ0v) is 22.5. The minimum absolute atomic E-state index is 0.0656. The molecule has 1 aliphatic rings. The highest BCUT2D eigenvalue weighted by molar-refractivity contribution is 6.46. The molecule has 3 aromatic rings. The second-order valence-corrected chi connectivity index (χ2v) is 8.67. The Morgan fingerprint density at radius 3 is 2.10 bits per heavy atom. The number of Topliss-reactive ketones (excluding diaryl/α,β-unsaturated/α-hetero) is 1. The summed E-state index contributed by atoms with van der Waals surface area (Å²) in [4.78, 5) is 32.3. The largest absolute Gasteiger partial charge is 0.507 e. The molecule has 1 aromatic heterocycles. The van der Waals surface area contributed by atoms with Crippen molar-refractivity contribution in [1.29, 1.82) is 0 Å². The molecule has 0 aliphatic carbocycles. The van der Waals surface area contributed by atoms with Crippen molar-refractivity contribution in [2.75, 3.05) is 42.1 Å². The monoisotopic (exact) mass is 537 g/mol. The van der Waals surface area contributed by atoms with Gasteiger partial charge in [0.1, 0.15) is 5.76 Å². The van der Waals surface area contributed by atoms with Gasteiger partial charge in [0.2, 0.25) is 5.75 Å². The van der Waals surface area contributed by atoms with Gasteiger partial charge in [-0.15, -0.1) is 0 Å². The zero-order chi connectivity index (χ0) is 28.1. The van der Waals surface area contributed by atoms with Crippen LogP contribution >= 0.6 is 0 Å². The van der Waals surface area contributed by atoms with E-state index in [-0.39, 0.29) is 17.9 Å². The molecule has 206 valence electrons. The van der Waals surface area contributed by atoms with E-state index in [9.17, 15) is 14.7 Å². The summed E-state index contributed by atoms with van der Waals surface area (Å²) in [7, 11) is 7.41. The number of rotatable bonds is 11. The molecule has 4 rings (SSSR count). The lowest BCUT2D eigenvalue weighted by molar-refractivity contribution is -0.139. The molecule has 1 aliphatic heterocycles. The van der Waals surface area contributed by atoms with Gasteiger partial charge < -0.3 is 38.3 Å². The summed E-state index contributed by atoms with van der Waals surface area (Å²) in [6.07, 6.45) is 5.72. The van der Waals surface area contributed by atoms with Crippen LogP contribution < -0.4 is 23.7 Å². The van der Waals surface area contributed by atoms with Gasteiger partial charge in [-0.25, -0.2) is 4.98 Å². The number of hydrogen-bond donors (Lipinski definition) is 1. The summed E-state index contributed by atoms with van der Waals surface area (Å²) < 4.78 is 29.0. The number of hydrogen-bond acceptors (Lipinski definition) is 9. The first-order valence-corrected chi connectivity index (χ1v) is 12.1. The number of aliphatic hydroxyl groups is 1. The number of carbonyl (C=O) groups excluding carboxylic acids is 2. The summed E-state index contributed by atoms with van der Waals surface area (Å²) in [5, 5.41) is 11.5. The third-order valence-corrected chi connectivity index (χ3v) is 6.57. The number of likely N-dealkylation sites (tertiary alicyclic amines) is 1. The van der Waals surface area contributed by atoms with Gasteiger partial charge in [0.25, 0.3) is 11.7 Å². The first-order valence-electron chi connectivity index (χ1n) is 12.1. The third-order valence-electron chi connectivity index (χ3n) is 6.57. The molecule has 1 atom stereocenters. The van der Waals surface area contributed by atoms with Crippen LogP contribution in [0.5, 0.6) is 28.7 Å². The Balaban J connectivity index is 1.86. The van der Waals surface area contributed by atoms with E-state index in [1.54, 1.807) is 42.9 Å². The van der Waals surface area contributed by atoms with E-state index in [4.69, 9.17) is 23.7 Å². The molecule has 0 radical (unpaired) electrons. The van der Waals surface area contributed by atoms with Crippen molar-refractivity contribution in [1.82, 2.24) is 14.5 Å². The molecule has 1 saturated heterocycles. The Kier molecular flexibility index (Phi) is 8.28. The van der Waals surface area contributed by atoms with Gasteiger partial charge in [-0.2, -0.15) is 0 Å². The number of benzene rings is 2. The summed E-state index contributed by atoms with van der Waals surface area (Å²) in [6.45, 7) is 0.827. The van der Waals surface area contributed by atoms with Gasteiger partial charge >= 0.3 is 0 Å². The van der Waals surface area contributed by atoms with Crippen LogP contribution in [0.25, 0.3) is 5.76 Å². The fraction of sp³-hybridized carbons (Fsp3) is 0.321. The molecule has 1 unspecified atom stereocenters. The molecule has 1 fully saturated rings. The SMILES string of the molecule is COc1ccc(C(O)=C2C(=O)C(=O)N(CCCn3ccnc3)C2c2cc(OC)c(OC)c(OC)c2)cc1OC. The number of imidazole rings is 1. The summed E-state index contributed by atoms with van der Waals surface area (Å²) in [5.74, 6) is 0.00973. The van der Waals surface area contributed by atoms with Crippen molar-refractivity contribution in [2.24, 2.45) is 0 Å². The van der Waals surface area contributed by atoms with Gasteiger partial charge in [-0.3, -0.25) is 9.59 Å². The molecule has 0 spiro atoms. The van der Waals surface area contributed by atoms with Gasteiger partial charge in [0, 0.05) is 31.0 Å². The van der Waals surface area contributed by atoms with Crippen molar-refractivity contribution >= 4 is 17.4 Å². The van der Waals surface area contributed by atoms with Crippen molar-refractivity contribution in [2.45, 2.75) is 19.0 Å². The van der Waals surface area contributed by atoms with Crippen LogP contribution in [0.1, 0.15) is 23.6 Å². The van der Waals surface area contributed by atoms with Crippen LogP contribution in [0, 0.1) is 0 Å². The maximum Gasteiger partial charge on any atom is 0.295 e. The molecule has 11 nitrogen and oxygen atoms in total. The summed E-state index contributed by atoms with van der Waals surface area (Å²) >= 11 is 0. The average molecular weight is 538 g/mol. The highest BCUT2D eigenvalue weighted by atomic mass is 16.5. The van der Waals surface area contributed by atoms with Gasteiger partial charge in [-0.1, -0.05) is 0 Å². The van der Waals surface area contributed by atoms with Crippen molar-refractivity contribution < 1.29 is 38.4 Å². The van der Waals surface area contributed by atoms with E-state index in [1.165, 1.54) is 40.4 Å². The van der Waals surface area contributed by atoms with E-state index in [0.29, 0.717) is 52.8 Å². The molecule has 0 bridgehead atoms. The van der Waals surface area contributed by atoms with E-state index >= 15 is 0 Å². The van der Waals surface area contributed by atoms with Crippen LogP contribution in [0.3, 0.4) is 0 Å². The van der Waals surface area contributed by atoms with Gasteiger partial charge in [-0.05, 0) is 42.3 Å². The topological polar surface area (TPSA) is 122 Å². The maximum atomic E-state index is 13.4. The number of carbonyl (C=O) groups is 2. The van der Waals surface area contributed by atoms with Crippen LogP contribution in [0.2, 0.25) is 0 Å². The maximum absolute atomic E-state index is 13.4. The van der Waals surface area contributed by atoms with Gasteiger partial charge in [0.15, 0.2) is 23.0 Å². The number of amides is 1. The summed E-state index contributed by atoms with van der Waals surface area (Å²) in [5.41, 5.74) is 0.735. The molecule has 11 heteroatoms. The average Bonchev–Trinajstić information content (AvgIpc) is 3.57. The molecule has 0 saturated carbocycles. The first-order chi connectivity index (χ1) is 18.9. The molecule has 1 N–H and O–H groups in total.